The van der Waals surface area contributed by atoms with Gasteiger partial charge in [-0.05, 0) is 74.3 Å². The molecule has 0 spiro atoms. The number of likely N-dealkylation sites (N-methyl/N-ethyl adjacent to an activating group) is 1. The average Bonchev–Trinajstić information content (AvgIpc) is 3.69. The summed E-state index contributed by atoms with van der Waals surface area (Å²) in [6, 6.07) is 12.8. The number of nitrogens with one attached hydrogen (secondary N) is 2. The second kappa shape index (κ2) is 15.1. The number of piperidine rings is 1. The summed E-state index contributed by atoms with van der Waals surface area (Å²) in [6.07, 6.45) is 5.12. The van der Waals surface area contributed by atoms with Crippen LogP contribution in [-0.2, 0) is 22.8 Å². The van der Waals surface area contributed by atoms with Gasteiger partial charge in [0.15, 0.2) is 0 Å². The third kappa shape index (κ3) is 7.85. The summed E-state index contributed by atoms with van der Waals surface area (Å²) in [6.45, 7) is 0.0479. The number of anilines is 1. The maximum atomic E-state index is 14.5. The Morgan fingerprint density at radius 1 is 0.946 bits per heavy atom. The van der Waals surface area contributed by atoms with Crippen LogP contribution in [0.25, 0.3) is 27.5 Å². The minimum atomic E-state index is -4.59. The van der Waals surface area contributed by atoms with Crippen LogP contribution >= 0.6 is 0 Å². The van der Waals surface area contributed by atoms with E-state index < -0.39 is 41.3 Å². The summed E-state index contributed by atoms with van der Waals surface area (Å²) in [5, 5.41) is 10.4. The van der Waals surface area contributed by atoms with Crippen LogP contribution in [0.3, 0.4) is 0 Å². The largest absolute Gasteiger partial charge is 0.433 e. The summed E-state index contributed by atoms with van der Waals surface area (Å²) < 4.78 is 72.0. The van der Waals surface area contributed by atoms with Crippen molar-refractivity contribution in [3.63, 3.8) is 0 Å². The highest BCUT2D eigenvalue weighted by molar-refractivity contribution is 6.04. The SMILES string of the molecule is CN1CC=C(c2ccc3c(c2)n(C)c(=O)n3C2CCC(=O)NC2=O)C(F)(F)C1.O=C(Nc1ccc2nn(C3CCCCC3)cc2c1)c1cccc(C(F)(F)F)n1. The van der Waals surface area contributed by atoms with Crippen LogP contribution < -0.4 is 16.3 Å². The van der Waals surface area contributed by atoms with Gasteiger partial charge in [-0.1, -0.05) is 37.5 Å². The van der Waals surface area contributed by atoms with Crippen LogP contribution in [-0.4, -0.2) is 72.6 Å². The first kappa shape index (κ1) is 38.6. The number of halogens is 5. The van der Waals surface area contributed by atoms with Gasteiger partial charge in [0, 0.05) is 42.9 Å². The molecule has 3 aromatic heterocycles. The van der Waals surface area contributed by atoms with Gasteiger partial charge in [-0.15, -0.1) is 0 Å². The quantitative estimate of drug-likeness (QED) is 0.154. The normalized spacial score (nSPS) is 19.3. The van der Waals surface area contributed by atoms with Gasteiger partial charge in [-0.2, -0.15) is 27.1 Å². The van der Waals surface area contributed by atoms with E-state index in [1.54, 1.807) is 43.4 Å². The number of rotatable bonds is 5. The first-order valence-corrected chi connectivity index (χ1v) is 18.3. The molecule has 0 radical (unpaired) electrons. The average molecular weight is 779 g/mol. The Hall–Kier alpha value is -5.71. The summed E-state index contributed by atoms with van der Waals surface area (Å²) in [7, 11) is 3.17. The number of imide groups is 1. The van der Waals surface area contributed by atoms with Gasteiger partial charge in [-0.25, -0.2) is 9.78 Å². The fourth-order valence-electron chi connectivity index (χ4n) is 7.54. The van der Waals surface area contributed by atoms with Crippen molar-refractivity contribution in [2.45, 2.75) is 69.1 Å². The second-order valence-electron chi connectivity index (χ2n) is 14.4. The van der Waals surface area contributed by atoms with E-state index in [4.69, 9.17) is 0 Å². The number of amides is 3. The lowest BCUT2D eigenvalue weighted by Gasteiger charge is -2.30. The number of hydrogen-bond acceptors (Lipinski definition) is 7. The monoisotopic (exact) mass is 778 g/mol. The number of hydrogen-bond donors (Lipinski definition) is 2. The van der Waals surface area contributed by atoms with Gasteiger partial charge in [0.25, 0.3) is 11.8 Å². The maximum absolute atomic E-state index is 14.5. The number of imidazole rings is 1. The van der Waals surface area contributed by atoms with Gasteiger partial charge in [-0.3, -0.25) is 38.4 Å². The third-order valence-corrected chi connectivity index (χ3v) is 10.4. The van der Waals surface area contributed by atoms with Crippen molar-refractivity contribution < 1.29 is 36.3 Å². The Morgan fingerprint density at radius 2 is 1.71 bits per heavy atom. The Labute approximate surface area is 317 Å². The molecule has 1 saturated carbocycles. The molecule has 294 valence electrons. The van der Waals surface area contributed by atoms with Crippen molar-refractivity contribution in [1.82, 2.24) is 34.1 Å². The number of nitrogens with zero attached hydrogens (tertiary/aromatic N) is 6. The van der Waals surface area contributed by atoms with E-state index in [0.29, 0.717) is 34.9 Å². The Kier molecular flexibility index (Phi) is 10.4. The number of alkyl halides is 5. The van der Waals surface area contributed by atoms with Crippen molar-refractivity contribution in [2.24, 2.45) is 7.05 Å². The van der Waals surface area contributed by atoms with Crippen LogP contribution in [0.15, 0.2) is 71.7 Å². The van der Waals surface area contributed by atoms with Crippen molar-refractivity contribution in [3.05, 3.63) is 94.3 Å². The molecule has 1 unspecified atom stereocenters. The Balaban J connectivity index is 0.000000172. The molecule has 1 saturated heterocycles. The lowest BCUT2D eigenvalue weighted by Crippen LogP contribution is -2.44. The molecule has 2 aliphatic heterocycles. The molecule has 12 nitrogen and oxygen atoms in total. The lowest BCUT2D eigenvalue weighted by atomic mass is 9.95. The molecule has 1 atom stereocenters. The smallest absolute Gasteiger partial charge is 0.321 e. The van der Waals surface area contributed by atoms with Crippen LogP contribution in [0, 0.1) is 0 Å². The molecule has 2 N–H and O–H groups in total. The maximum Gasteiger partial charge on any atom is 0.433 e. The van der Waals surface area contributed by atoms with Crippen LogP contribution in [0.5, 0.6) is 0 Å². The Morgan fingerprint density at radius 3 is 2.43 bits per heavy atom. The molecule has 17 heteroatoms. The molecule has 3 aliphatic rings. The molecular weight excluding hydrogens is 739 g/mol. The fraction of sp³-hybridized carbons (Fsp3) is 0.385. The molecule has 5 aromatic rings. The molecule has 3 amide bonds. The number of pyridine rings is 1. The second-order valence-corrected chi connectivity index (χ2v) is 14.4. The standard InChI is InChI=1S/C20H19F3N4O.C19H20F2N4O3/c21-20(22,23)18-8-4-7-17(25-18)19(28)24-14-9-10-16-13(11-14)12-27(26-16)15-5-2-1-3-6-15;1-23-8-7-12(19(20,21)10-23)11-3-4-13-15(9-11)24(2)18(28)25(13)14-5-6-16(26)22-17(14)27/h4,7-12,15H,1-3,5-6H2,(H,24,28);3-4,7,9,14H,5-6,8,10H2,1-2H3,(H,22,26,27). The summed E-state index contributed by atoms with van der Waals surface area (Å²) >= 11 is 0. The highest BCUT2D eigenvalue weighted by Crippen LogP contribution is 2.37. The predicted molar refractivity (Wildman–Crippen MR) is 198 cm³/mol. The molecule has 8 rings (SSSR count). The topological polar surface area (TPSA) is 136 Å². The summed E-state index contributed by atoms with van der Waals surface area (Å²) in [4.78, 5) is 53.7. The van der Waals surface area contributed by atoms with Crippen LogP contribution in [0.4, 0.5) is 27.6 Å². The summed E-state index contributed by atoms with van der Waals surface area (Å²) in [5.41, 5.74) is 0.726. The number of fused-ring (bicyclic) bond motifs is 2. The molecule has 0 bridgehead atoms. The highest BCUT2D eigenvalue weighted by Gasteiger charge is 2.39. The first-order chi connectivity index (χ1) is 26.6. The molecule has 56 heavy (non-hydrogen) atoms. The Bertz CT molecular complexity index is 2430. The van der Waals surface area contributed by atoms with E-state index in [-0.39, 0.29) is 36.6 Å². The van der Waals surface area contributed by atoms with E-state index in [2.05, 4.69) is 20.7 Å². The number of aromatic nitrogens is 5. The van der Waals surface area contributed by atoms with E-state index in [1.807, 2.05) is 10.9 Å². The van der Waals surface area contributed by atoms with Gasteiger partial charge in [0.1, 0.15) is 17.4 Å². The lowest BCUT2D eigenvalue weighted by molar-refractivity contribution is -0.141. The molecule has 5 heterocycles. The van der Waals surface area contributed by atoms with Gasteiger partial charge in [0.05, 0.1) is 29.1 Å². The van der Waals surface area contributed by atoms with Gasteiger partial charge in [0.2, 0.25) is 11.8 Å². The van der Waals surface area contributed by atoms with E-state index in [0.717, 1.165) is 29.8 Å². The minimum absolute atomic E-state index is 0.0614. The molecule has 1 aliphatic carbocycles. The van der Waals surface area contributed by atoms with E-state index >= 15 is 0 Å². The third-order valence-electron chi connectivity index (χ3n) is 10.4. The number of aryl methyl sites for hydroxylation is 1. The molecular formula is C39H39F5N8O4. The van der Waals surface area contributed by atoms with Crippen LogP contribution in [0.2, 0.25) is 0 Å². The zero-order chi connectivity index (χ0) is 39.9. The number of benzene rings is 2. The van der Waals surface area contributed by atoms with Crippen LogP contribution in [0.1, 0.15) is 78.8 Å². The van der Waals surface area contributed by atoms with E-state index in [1.165, 1.54) is 58.6 Å². The predicted octanol–water partition coefficient (Wildman–Crippen LogP) is 6.49. The van der Waals surface area contributed by atoms with Crippen molar-refractivity contribution in [3.8, 4) is 0 Å². The van der Waals surface area contributed by atoms with Gasteiger partial charge < -0.3 is 5.32 Å². The number of carbonyl (C=O) groups excluding carboxylic acids is 3. The molecule has 2 fully saturated rings. The summed E-state index contributed by atoms with van der Waals surface area (Å²) in [5.74, 6) is -4.58. The van der Waals surface area contributed by atoms with Crippen molar-refractivity contribution in [2.75, 3.05) is 25.5 Å². The van der Waals surface area contributed by atoms with Crippen molar-refractivity contribution >= 4 is 50.9 Å². The number of carbonyl (C=O) groups is 3. The fourth-order valence-corrected chi connectivity index (χ4v) is 7.54. The highest BCUT2D eigenvalue weighted by atomic mass is 19.4. The first-order valence-electron chi connectivity index (χ1n) is 18.3. The minimum Gasteiger partial charge on any atom is -0.321 e. The molecule has 2 aromatic carbocycles. The van der Waals surface area contributed by atoms with E-state index in [9.17, 15) is 41.1 Å². The van der Waals surface area contributed by atoms with Crippen molar-refractivity contribution in [1.29, 1.82) is 0 Å². The zero-order valence-electron chi connectivity index (χ0n) is 30.6. The van der Waals surface area contributed by atoms with Gasteiger partial charge >= 0.3 is 11.9 Å². The zero-order valence-corrected chi connectivity index (χ0v) is 30.6.